The Bertz CT molecular complexity index is 215. The molecular weight excluding hydrogens is 152 g/mol. The molecule has 0 atom stereocenters. The maximum absolute atomic E-state index is 10.4. The Kier molecular flexibility index (Phi) is 2.37. The Balaban J connectivity index is 2.81. The first-order valence-electron chi connectivity index (χ1n) is 2.89. The van der Waals surface area contributed by atoms with Crippen LogP contribution in [0.5, 0.6) is 0 Å². The van der Waals surface area contributed by atoms with Gasteiger partial charge in [0.15, 0.2) is 0 Å². The average Bonchev–Trinajstić information content (AvgIpc) is 1.90. The Hall–Kier alpha value is -0.206. The van der Waals surface area contributed by atoms with Gasteiger partial charge in [-0.25, -0.2) is 0 Å². The second-order valence-corrected chi connectivity index (χ2v) is 3.73. The van der Waals surface area contributed by atoms with Gasteiger partial charge in [-0.1, -0.05) is 0 Å². The van der Waals surface area contributed by atoms with E-state index >= 15 is 0 Å². The number of allylic oxidation sites excluding steroid dienone is 4. The van der Waals surface area contributed by atoms with Gasteiger partial charge in [-0.15, -0.1) is 0 Å². The van der Waals surface area contributed by atoms with E-state index in [9.17, 15) is 6.65 Å². The SMILES string of the molecule is [O]=[Ti](=[O])[C]1=CCCC=C1. The molecule has 0 saturated carbocycles. The number of rotatable bonds is 1. The minimum atomic E-state index is -3.22. The second kappa shape index (κ2) is 3.09. The summed E-state index contributed by atoms with van der Waals surface area (Å²) in [6, 6.07) is 0. The van der Waals surface area contributed by atoms with Crippen molar-refractivity contribution in [1.82, 2.24) is 0 Å². The maximum atomic E-state index is 10.4. The van der Waals surface area contributed by atoms with Crippen molar-refractivity contribution in [3.05, 3.63) is 22.1 Å². The van der Waals surface area contributed by atoms with Gasteiger partial charge in [0, 0.05) is 0 Å². The van der Waals surface area contributed by atoms with E-state index in [0.29, 0.717) is 3.88 Å². The summed E-state index contributed by atoms with van der Waals surface area (Å²) in [5.74, 6) is 0. The molecule has 0 aliphatic heterocycles. The molecule has 0 fully saturated rings. The van der Waals surface area contributed by atoms with Gasteiger partial charge >= 0.3 is 59.4 Å². The summed E-state index contributed by atoms with van der Waals surface area (Å²) in [6.07, 6.45) is 7.24. The van der Waals surface area contributed by atoms with Gasteiger partial charge < -0.3 is 0 Å². The predicted octanol–water partition coefficient (Wildman–Crippen LogP) is 1.53. The van der Waals surface area contributed by atoms with Crippen LogP contribution in [-0.4, -0.2) is 0 Å². The molecule has 0 aromatic heterocycles. The first-order chi connectivity index (χ1) is 4.30. The van der Waals surface area contributed by atoms with Crippen LogP contribution in [-0.2, 0) is 24.5 Å². The van der Waals surface area contributed by atoms with Crippen molar-refractivity contribution in [1.29, 1.82) is 0 Å². The molecular formula is C6H7O2Ti. The van der Waals surface area contributed by atoms with Crippen LogP contribution in [0.15, 0.2) is 22.1 Å². The summed E-state index contributed by atoms with van der Waals surface area (Å²) in [5.41, 5.74) is 0. The van der Waals surface area contributed by atoms with Crippen LogP contribution in [0.3, 0.4) is 0 Å². The molecule has 0 aromatic carbocycles. The fraction of sp³-hybridized carbons (Fsp3) is 0.333. The van der Waals surface area contributed by atoms with Gasteiger partial charge in [-0.05, 0) is 0 Å². The van der Waals surface area contributed by atoms with E-state index in [0.717, 1.165) is 12.8 Å². The van der Waals surface area contributed by atoms with E-state index in [2.05, 4.69) is 0 Å². The van der Waals surface area contributed by atoms with Crippen molar-refractivity contribution in [3.63, 3.8) is 0 Å². The fourth-order valence-corrected chi connectivity index (χ4v) is 1.65. The quantitative estimate of drug-likeness (QED) is 0.543. The molecule has 0 aromatic rings. The molecule has 0 radical (unpaired) electrons. The van der Waals surface area contributed by atoms with Crippen LogP contribution in [0.1, 0.15) is 12.8 Å². The Morgan fingerprint density at radius 2 is 2.11 bits per heavy atom. The van der Waals surface area contributed by atoms with E-state index in [1.807, 2.05) is 6.08 Å². The summed E-state index contributed by atoms with van der Waals surface area (Å²) in [7, 11) is 0. The van der Waals surface area contributed by atoms with Crippen LogP contribution >= 0.6 is 0 Å². The molecule has 3 heteroatoms. The Labute approximate surface area is 59.7 Å². The molecule has 0 bridgehead atoms. The number of hydrogen-bond donors (Lipinski definition) is 0. The van der Waals surface area contributed by atoms with E-state index in [1.165, 1.54) is 0 Å². The van der Waals surface area contributed by atoms with Crippen LogP contribution in [0.4, 0.5) is 0 Å². The first kappa shape index (κ1) is 6.91. The molecule has 0 saturated heterocycles. The zero-order chi connectivity index (χ0) is 6.69. The van der Waals surface area contributed by atoms with Gasteiger partial charge in [0.1, 0.15) is 0 Å². The van der Waals surface area contributed by atoms with Crippen LogP contribution < -0.4 is 0 Å². The third-order valence-corrected chi connectivity index (χ3v) is 2.55. The average molecular weight is 159 g/mol. The third-order valence-electron chi connectivity index (χ3n) is 1.23. The van der Waals surface area contributed by atoms with Gasteiger partial charge in [0.25, 0.3) is 0 Å². The molecule has 1 aliphatic carbocycles. The molecule has 0 unspecified atom stereocenters. The zero-order valence-electron chi connectivity index (χ0n) is 4.96. The molecule has 47 valence electrons. The molecule has 2 nitrogen and oxygen atoms in total. The van der Waals surface area contributed by atoms with E-state index in [-0.39, 0.29) is 0 Å². The summed E-state index contributed by atoms with van der Waals surface area (Å²) in [4.78, 5) is 0. The van der Waals surface area contributed by atoms with Crippen molar-refractivity contribution >= 4 is 0 Å². The van der Waals surface area contributed by atoms with Crippen molar-refractivity contribution in [3.8, 4) is 0 Å². The standard InChI is InChI=1S/C6H7.2O.Ti/c1-2-4-6-5-3-1;;;/h1-2,6H,3,5H2;;;. The van der Waals surface area contributed by atoms with Crippen molar-refractivity contribution in [2.24, 2.45) is 0 Å². The van der Waals surface area contributed by atoms with E-state index in [4.69, 9.17) is 0 Å². The fourth-order valence-electron chi connectivity index (χ4n) is 0.765. The van der Waals surface area contributed by atoms with Crippen LogP contribution in [0.2, 0.25) is 0 Å². The van der Waals surface area contributed by atoms with Gasteiger partial charge in [-0.2, -0.15) is 0 Å². The minimum absolute atomic E-state index is 0.557. The summed E-state index contributed by atoms with van der Waals surface area (Å²) in [5, 5.41) is 0. The zero-order valence-corrected chi connectivity index (χ0v) is 6.52. The normalized spacial score (nSPS) is 17.1. The Morgan fingerprint density at radius 1 is 1.33 bits per heavy atom. The predicted molar refractivity (Wildman–Crippen MR) is 27.8 cm³/mol. The van der Waals surface area contributed by atoms with Crippen LogP contribution in [0, 0.1) is 0 Å². The van der Waals surface area contributed by atoms with Crippen molar-refractivity contribution < 1.29 is 24.5 Å². The third kappa shape index (κ3) is 1.88. The molecule has 9 heavy (non-hydrogen) atoms. The summed E-state index contributed by atoms with van der Waals surface area (Å²) >= 11 is -3.22. The van der Waals surface area contributed by atoms with Crippen molar-refractivity contribution in [2.45, 2.75) is 12.8 Å². The van der Waals surface area contributed by atoms with E-state index < -0.39 is 17.8 Å². The monoisotopic (exact) mass is 159 g/mol. The molecule has 0 heterocycles. The van der Waals surface area contributed by atoms with Gasteiger partial charge in [0.05, 0.1) is 0 Å². The number of hydrogen-bond acceptors (Lipinski definition) is 2. The van der Waals surface area contributed by atoms with E-state index in [1.54, 1.807) is 12.2 Å². The molecule has 1 rings (SSSR count). The molecule has 0 spiro atoms. The van der Waals surface area contributed by atoms with Gasteiger partial charge in [0.2, 0.25) is 0 Å². The molecule has 0 amide bonds. The molecule has 1 aliphatic rings. The topological polar surface area (TPSA) is 34.1 Å². The van der Waals surface area contributed by atoms with Crippen LogP contribution in [0.25, 0.3) is 0 Å². The summed E-state index contributed by atoms with van der Waals surface area (Å²) < 4.78 is 21.3. The first-order valence-corrected chi connectivity index (χ1v) is 4.94. The Morgan fingerprint density at radius 3 is 2.44 bits per heavy atom. The molecule has 0 N–H and O–H groups in total. The second-order valence-electron chi connectivity index (χ2n) is 1.93. The summed E-state index contributed by atoms with van der Waals surface area (Å²) in [6.45, 7) is 0. The van der Waals surface area contributed by atoms with Gasteiger partial charge in [-0.3, -0.25) is 0 Å². The van der Waals surface area contributed by atoms with Crippen molar-refractivity contribution in [2.75, 3.05) is 0 Å².